The summed E-state index contributed by atoms with van der Waals surface area (Å²) in [5.74, 6) is -0.368. The minimum atomic E-state index is -0.205. The molecule has 1 heterocycles. The Morgan fingerprint density at radius 1 is 0.810 bits per heavy atom. The van der Waals surface area contributed by atoms with Crippen LogP contribution in [0.1, 0.15) is 5.56 Å². The van der Waals surface area contributed by atoms with Gasteiger partial charge in [0.1, 0.15) is 11.6 Å². The summed E-state index contributed by atoms with van der Waals surface area (Å²) in [4.78, 5) is 4.39. The average Bonchev–Trinajstić information content (AvgIpc) is 2.51. The molecule has 0 amide bonds. The summed E-state index contributed by atoms with van der Waals surface area (Å²) >= 11 is 0. The Labute approximate surface area is 123 Å². The molecule has 0 unspecified atom stereocenters. The van der Waals surface area contributed by atoms with E-state index in [1.807, 2.05) is 24.3 Å². The fraction of sp³-hybridized carbons (Fsp3) is 0.294. The van der Waals surface area contributed by atoms with Gasteiger partial charge in [-0.3, -0.25) is 4.90 Å². The maximum Gasteiger partial charge on any atom is 0.146 e. The van der Waals surface area contributed by atoms with Crippen LogP contribution in [0.25, 0.3) is 0 Å². The van der Waals surface area contributed by atoms with Gasteiger partial charge in [0.2, 0.25) is 0 Å². The molecule has 110 valence electrons. The third kappa shape index (κ3) is 3.39. The molecule has 4 heteroatoms. The molecule has 2 nitrogen and oxygen atoms in total. The number of rotatable bonds is 3. The molecule has 2 aromatic rings. The van der Waals surface area contributed by atoms with Crippen LogP contribution >= 0.6 is 0 Å². The summed E-state index contributed by atoms with van der Waals surface area (Å²) in [5, 5.41) is 0. The van der Waals surface area contributed by atoms with Crippen molar-refractivity contribution in [2.45, 2.75) is 6.54 Å². The molecule has 1 saturated heterocycles. The van der Waals surface area contributed by atoms with Gasteiger partial charge < -0.3 is 4.90 Å². The van der Waals surface area contributed by atoms with Gasteiger partial charge in [0, 0.05) is 32.7 Å². The Morgan fingerprint density at radius 3 is 2.14 bits per heavy atom. The third-order valence-corrected chi connectivity index (χ3v) is 3.88. The van der Waals surface area contributed by atoms with Crippen LogP contribution in [0.2, 0.25) is 0 Å². The van der Waals surface area contributed by atoms with E-state index in [0.29, 0.717) is 5.69 Å². The highest BCUT2D eigenvalue weighted by Gasteiger charge is 2.19. The van der Waals surface area contributed by atoms with Crippen molar-refractivity contribution in [3.05, 3.63) is 65.7 Å². The van der Waals surface area contributed by atoms with Crippen LogP contribution in [0.15, 0.2) is 48.5 Å². The first kappa shape index (κ1) is 14.0. The zero-order chi connectivity index (χ0) is 14.7. The van der Waals surface area contributed by atoms with Gasteiger partial charge in [0.15, 0.2) is 0 Å². The minimum Gasteiger partial charge on any atom is -0.367 e. The number of hydrogen-bond donors (Lipinski definition) is 0. The summed E-state index contributed by atoms with van der Waals surface area (Å²) in [6.07, 6.45) is 0. The number of nitrogens with zero attached hydrogens (tertiary/aromatic N) is 2. The van der Waals surface area contributed by atoms with Crippen LogP contribution in [-0.2, 0) is 6.54 Å². The van der Waals surface area contributed by atoms with E-state index in [4.69, 9.17) is 0 Å². The Balaban J connectivity index is 1.58. The normalized spacial score (nSPS) is 16.2. The predicted molar refractivity (Wildman–Crippen MR) is 80.3 cm³/mol. The molecule has 1 fully saturated rings. The first-order chi connectivity index (χ1) is 10.2. The van der Waals surface area contributed by atoms with Crippen LogP contribution in [0.5, 0.6) is 0 Å². The highest BCUT2D eigenvalue weighted by molar-refractivity contribution is 5.48. The maximum absolute atomic E-state index is 13.8. The predicted octanol–water partition coefficient (Wildman–Crippen LogP) is 3.29. The fourth-order valence-corrected chi connectivity index (χ4v) is 2.70. The highest BCUT2D eigenvalue weighted by atomic mass is 19.1. The average molecular weight is 288 g/mol. The number of benzene rings is 2. The molecule has 2 aromatic carbocycles. The molecule has 0 aliphatic carbocycles. The van der Waals surface area contributed by atoms with Crippen molar-refractivity contribution < 1.29 is 8.78 Å². The van der Waals surface area contributed by atoms with Crippen LogP contribution in [0.4, 0.5) is 14.5 Å². The van der Waals surface area contributed by atoms with E-state index in [1.165, 1.54) is 18.2 Å². The quantitative estimate of drug-likeness (QED) is 0.855. The van der Waals surface area contributed by atoms with Gasteiger partial charge in [0.05, 0.1) is 5.69 Å². The molecule has 0 N–H and O–H groups in total. The van der Waals surface area contributed by atoms with Gasteiger partial charge in [-0.05, 0) is 29.8 Å². The SMILES string of the molecule is Fc1ccc(CN2CCN(c3ccccc3F)CC2)cc1. The first-order valence-electron chi connectivity index (χ1n) is 7.18. The number of piperazine rings is 1. The Bertz CT molecular complexity index is 590. The van der Waals surface area contributed by atoms with E-state index in [1.54, 1.807) is 6.07 Å². The lowest BCUT2D eigenvalue weighted by molar-refractivity contribution is 0.249. The molecule has 0 atom stereocenters. The minimum absolute atomic E-state index is 0.163. The largest absolute Gasteiger partial charge is 0.367 e. The highest BCUT2D eigenvalue weighted by Crippen LogP contribution is 2.20. The molecule has 1 aliphatic rings. The van der Waals surface area contributed by atoms with Gasteiger partial charge in [-0.15, -0.1) is 0 Å². The van der Waals surface area contributed by atoms with Crippen LogP contribution in [0.3, 0.4) is 0 Å². The molecule has 21 heavy (non-hydrogen) atoms. The van der Waals surface area contributed by atoms with Gasteiger partial charge in [0.25, 0.3) is 0 Å². The molecule has 0 aromatic heterocycles. The molecule has 1 aliphatic heterocycles. The molecule has 0 saturated carbocycles. The molecule has 0 bridgehead atoms. The van der Waals surface area contributed by atoms with Crippen LogP contribution in [0, 0.1) is 11.6 Å². The molecular formula is C17H18F2N2. The second kappa shape index (κ2) is 6.22. The van der Waals surface area contributed by atoms with Crippen LogP contribution < -0.4 is 4.90 Å². The van der Waals surface area contributed by atoms with Gasteiger partial charge in [-0.2, -0.15) is 0 Å². The van der Waals surface area contributed by atoms with E-state index in [9.17, 15) is 8.78 Å². The molecule has 0 radical (unpaired) electrons. The van der Waals surface area contributed by atoms with Gasteiger partial charge in [-0.1, -0.05) is 24.3 Å². The summed E-state index contributed by atoms with van der Waals surface area (Å²) in [6, 6.07) is 13.5. The third-order valence-electron chi connectivity index (χ3n) is 3.88. The van der Waals surface area contributed by atoms with Crippen molar-refractivity contribution in [3.8, 4) is 0 Å². The van der Waals surface area contributed by atoms with E-state index >= 15 is 0 Å². The second-order valence-electron chi connectivity index (χ2n) is 5.34. The molecule has 0 spiro atoms. The van der Waals surface area contributed by atoms with E-state index in [-0.39, 0.29) is 11.6 Å². The number of anilines is 1. The van der Waals surface area contributed by atoms with E-state index in [0.717, 1.165) is 38.3 Å². The van der Waals surface area contributed by atoms with E-state index < -0.39 is 0 Å². The lowest BCUT2D eigenvalue weighted by Crippen LogP contribution is -2.46. The molecule has 3 rings (SSSR count). The first-order valence-corrected chi connectivity index (χ1v) is 7.18. The zero-order valence-corrected chi connectivity index (χ0v) is 11.8. The van der Waals surface area contributed by atoms with Crippen LogP contribution in [-0.4, -0.2) is 31.1 Å². The Hall–Kier alpha value is -1.94. The number of hydrogen-bond acceptors (Lipinski definition) is 2. The standard InChI is InChI=1S/C17H18F2N2/c18-15-7-5-14(6-8-15)13-20-9-11-21(12-10-20)17-4-2-1-3-16(17)19/h1-8H,9-13H2. The van der Waals surface area contributed by atoms with Crippen molar-refractivity contribution >= 4 is 5.69 Å². The van der Waals surface area contributed by atoms with Crippen molar-refractivity contribution in [2.75, 3.05) is 31.1 Å². The Kier molecular flexibility index (Phi) is 4.15. The van der Waals surface area contributed by atoms with Crippen molar-refractivity contribution in [2.24, 2.45) is 0 Å². The fourth-order valence-electron chi connectivity index (χ4n) is 2.70. The lowest BCUT2D eigenvalue weighted by atomic mass is 10.2. The van der Waals surface area contributed by atoms with E-state index in [2.05, 4.69) is 9.80 Å². The van der Waals surface area contributed by atoms with Crippen molar-refractivity contribution in [1.82, 2.24) is 4.90 Å². The zero-order valence-electron chi connectivity index (χ0n) is 11.8. The second-order valence-corrected chi connectivity index (χ2v) is 5.34. The maximum atomic E-state index is 13.8. The van der Waals surface area contributed by atoms with Gasteiger partial charge in [-0.25, -0.2) is 8.78 Å². The topological polar surface area (TPSA) is 6.48 Å². The summed E-state index contributed by atoms with van der Waals surface area (Å²) in [5.41, 5.74) is 1.79. The van der Waals surface area contributed by atoms with Gasteiger partial charge >= 0.3 is 0 Å². The summed E-state index contributed by atoms with van der Waals surface area (Å²) in [6.45, 7) is 4.19. The van der Waals surface area contributed by atoms with Crippen molar-refractivity contribution in [1.29, 1.82) is 0 Å². The van der Waals surface area contributed by atoms with Crippen molar-refractivity contribution in [3.63, 3.8) is 0 Å². The monoisotopic (exact) mass is 288 g/mol. The summed E-state index contributed by atoms with van der Waals surface area (Å²) in [7, 11) is 0. The number of para-hydroxylation sites is 1. The smallest absolute Gasteiger partial charge is 0.146 e. The Morgan fingerprint density at radius 2 is 1.48 bits per heavy atom. The molecular weight excluding hydrogens is 270 g/mol. The number of halogens is 2. The summed E-state index contributed by atoms with van der Waals surface area (Å²) < 4.78 is 26.7. The lowest BCUT2D eigenvalue weighted by Gasteiger charge is -2.36.